The van der Waals surface area contributed by atoms with E-state index >= 15 is 0 Å². The van der Waals surface area contributed by atoms with Gasteiger partial charge in [-0.05, 0) is 215 Å². The second kappa shape index (κ2) is 22.4. The lowest BCUT2D eigenvalue weighted by molar-refractivity contribution is 0.661. The van der Waals surface area contributed by atoms with Crippen LogP contribution in [0.1, 0.15) is 49.9 Å². The summed E-state index contributed by atoms with van der Waals surface area (Å²) in [6.07, 6.45) is 0. The third kappa shape index (κ3) is 8.39. The highest BCUT2D eigenvalue weighted by atomic mass is 16.3. The predicted octanol–water partition coefficient (Wildman–Crippen LogP) is 30.2. The molecule has 0 aliphatic heterocycles. The van der Waals surface area contributed by atoms with E-state index in [0.717, 1.165) is 111 Å². The summed E-state index contributed by atoms with van der Waals surface area (Å²) in [4.78, 5) is 5.06. The van der Waals surface area contributed by atoms with E-state index in [-0.39, 0.29) is 10.8 Å². The standard InChI is InChI=1S/C106H68N2O2/c1-105(2)89-53-47-67(59-87(89)101-91(105)55-51-81-75-23-7-5-19-71(75)73-21-9-11-27-79(73)99(81)101)107(65-43-35-61(36-44-65)69-29-17-31-83-77-25-13-15-33-95(77)109-103(69)83)93-57-41-63-40-50-86-94(58-42-64-39-49-85(93)97(63)98(64)86)108(66-45-37-62(38-46-66)70-30-18-32-84-78-26-14-16-34-96(78)110-104(70)84)68-48-54-90-88(60-68)102-92(106(90,3)4)56-52-82-76-24-8-6-20-72(76)74-22-10-12-28-80(74)100(82)102/h5-60H,1-4H3. The lowest BCUT2D eigenvalue weighted by Crippen LogP contribution is -2.15. The first-order valence-electron chi connectivity index (χ1n) is 38.4. The summed E-state index contributed by atoms with van der Waals surface area (Å²) in [5.41, 5.74) is 24.3. The first-order chi connectivity index (χ1) is 54.1. The highest BCUT2D eigenvalue weighted by Gasteiger charge is 2.40. The van der Waals surface area contributed by atoms with Gasteiger partial charge >= 0.3 is 0 Å². The first-order valence-corrected chi connectivity index (χ1v) is 38.4. The van der Waals surface area contributed by atoms with E-state index in [1.54, 1.807) is 0 Å². The topological polar surface area (TPSA) is 32.8 Å². The molecule has 0 bridgehead atoms. The Kier molecular flexibility index (Phi) is 12.5. The van der Waals surface area contributed by atoms with Crippen LogP contribution in [0.25, 0.3) is 185 Å². The fourth-order valence-corrected chi connectivity index (χ4v) is 20.3. The van der Waals surface area contributed by atoms with Crippen LogP contribution in [0.2, 0.25) is 0 Å². The van der Waals surface area contributed by atoms with Gasteiger partial charge in [-0.25, -0.2) is 0 Å². The molecule has 0 spiro atoms. The molecule has 4 nitrogen and oxygen atoms in total. The molecule has 110 heavy (non-hydrogen) atoms. The monoisotopic (exact) mass is 1400 g/mol. The fraction of sp³-hybridized carbons (Fsp3) is 0.0566. The van der Waals surface area contributed by atoms with E-state index in [0.29, 0.717) is 0 Å². The molecule has 0 unspecified atom stereocenters. The summed E-state index contributed by atoms with van der Waals surface area (Å²) >= 11 is 0. The molecular formula is C106H68N2O2. The molecule has 514 valence electrons. The van der Waals surface area contributed by atoms with E-state index < -0.39 is 0 Å². The van der Waals surface area contributed by atoms with Crippen LogP contribution in [0.4, 0.5) is 34.1 Å². The minimum absolute atomic E-state index is 0.265. The Balaban J connectivity index is 0.727. The van der Waals surface area contributed by atoms with Crippen LogP contribution in [-0.4, -0.2) is 0 Å². The van der Waals surface area contributed by atoms with E-state index in [4.69, 9.17) is 8.83 Å². The van der Waals surface area contributed by atoms with Gasteiger partial charge in [0.1, 0.15) is 22.3 Å². The molecule has 0 saturated carbocycles. The van der Waals surface area contributed by atoms with Crippen LogP contribution in [0.5, 0.6) is 0 Å². The molecule has 2 aliphatic carbocycles. The second-order valence-corrected chi connectivity index (χ2v) is 31.6. The van der Waals surface area contributed by atoms with Crippen molar-refractivity contribution in [1.82, 2.24) is 0 Å². The van der Waals surface area contributed by atoms with E-state index in [1.807, 2.05) is 0 Å². The van der Waals surface area contributed by atoms with Gasteiger partial charge in [0.05, 0.1) is 11.4 Å². The lowest BCUT2D eigenvalue weighted by atomic mass is 9.81. The molecule has 0 fully saturated rings. The highest BCUT2D eigenvalue weighted by molar-refractivity contribution is 6.32. The minimum atomic E-state index is -0.265. The smallest absolute Gasteiger partial charge is 0.143 e. The Morgan fingerprint density at radius 1 is 0.218 bits per heavy atom. The molecule has 2 heterocycles. The number of hydrogen-bond donors (Lipinski definition) is 0. The number of anilines is 6. The third-order valence-corrected chi connectivity index (χ3v) is 25.4. The van der Waals surface area contributed by atoms with Crippen molar-refractivity contribution in [1.29, 1.82) is 0 Å². The van der Waals surface area contributed by atoms with Gasteiger partial charge in [0, 0.05) is 77.0 Å². The van der Waals surface area contributed by atoms with E-state index in [2.05, 4.69) is 377 Å². The van der Waals surface area contributed by atoms with E-state index in [1.165, 1.54) is 131 Å². The van der Waals surface area contributed by atoms with Gasteiger partial charge in [-0.2, -0.15) is 0 Å². The second-order valence-electron chi connectivity index (χ2n) is 31.6. The maximum atomic E-state index is 6.70. The molecule has 0 atom stereocenters. The van der Waals surface area contributed by atoms with E-state index in [9.17, 15) is 0 Å². The average Bonchev–Trinajstić information content (AvgIpc) is 1.50. The van der Waals surface area contributed by atoms with Crippen molar-refractivity contribution < 1.29 is 8.83 Å². The number of furan rings is 2. The number of para-hydroxylation sites is 4. The SMILES string of the molecule is CC1(C)c2ccc(N(c3ccc(-c4cccc5c4oc4ccccc45)cc3)c3ccc4ccc5c(N(c6ccc(-c7cccc8c7oc7ccccc78)cc6)c6ccc7c(c6)-c6c(ccc8c9ccccc9c9ccccc9c68)C7(C)C)ccc6ccc3c4c65)cc2-c2c1ccc1c3ccccc3c3ccccc3c21. The summed E-state index contributed by atoms with van der Waals surface area (Å²) in [5, 5.41) is 27.0. The average molecular weight is 1400 g/mol. The molecule has 4 heteroatoms. The number of fused-ring (bicyclic) bond motifs is 26. The van der Waals surface area contributed by atoms with Crippen molar-refractivity contribution in [2.24, 2.45) is 0 Å². The van der Waals surface area contributed by atoms with Gasteiger partial charge in [0.15, 0.2) is 0 Å². The van der Waals surface area contributed by atoms with Gasteiger partial charge in [-0.15, -0.1) is 0 Å². The van der Waals surface area contributed by atoms with Gasteiger partial charge in [0.25, 0.3) is 0 Å². The maximum Gasteiger partial charge on any atom is 0.143 e. The third-order valence-electron chi connectivity index (χ3n) is 25.4. The summed E-state index contributed by atoms with van der Waals surface area (Å²) in [6, 6.07) is 127. The molecule has 22 aromatic rings. The number of nitrogens with zero attached hydrogens (tertiary/aromatic N) is 2. The Morgan fingerprint density at radius 2 is 0.527 bits per heavy atom. The van der Waals surface area contributed by atoms with Crippen LogP contribution >= 0.6 is 0 Å². The molecule has 2 aromatic heterocycles. The zero-order valence-electron chi connectivity index (χ0n) is 61.0. The van der Waals surface area contributed by atoms with Crippen molar-refractivity contribution in [3.63, 3.8) is 0 Å². The molecule has 24 rings (SSSR count). The summed E-state index contributed by atoms with van der Waals surface area (Å²) < 4.78 is 13.4. The molecule has 2 aliphatic rings. The van der Waals surface area contributed by atoms with Crippen LogP contribution in [0.3, 0.4) is 0 Å². The Morgan fingerprint density at radius 3 is 0.927 bits per heavy atom. The quantitative estimate of drug-likeness (QED) is 0.142. The summed E-state index contributed by atoms with van der Waals surface area (Å²) in [5.74, 6) is 0. The highest BCUT2D eigenvalue weighted by Crippen LogP contribution is 2.59. The number of benzene rings is 20. The van der Waals surface area contributed by atoms with Crippen molar-refractivity contribution in [2.45, 2.75) is 38.5 Å². The van der Waals surface area contributed by atoms with Crippen molar-refractivity contribution >= 4 is 175 Å². The summed E-state index contributed by atoms with van der Waals surface area (Å²) in [7, 11) is 0. The number of rotatable bonds is 8. The molecule has 20 aromatic carbocycles. The Hall–Kier alpha value is -13.8. The van der Waals surface area contributed by atoms with Gasteiger partial charge in [-0.1, -0.05) is 295 Å². The van der Waals surface area contributed by atoms with Crippen LogP contribution in [0.15, 0.2) is 349 Å². The predicted molar refractivity (Wildman–Crippen MR) is 465 cm³/mol. The zero-order chi connectivity index (χ0) is 72.6. The van der Waals surface area contributed by atoms with Crippen molar-refractivity contribution in [3.8, 4) is 44.5 Å². The van der Waals surface area contributed by atoms with Crippen LogP contribution < -0.4 is 9.80 Å². The normalized spacial score (nSPS) is 13.6. The zero-order valence-corrected chi connectivity index (χ0v) is 61.0. The molecule has 0 amide bonds. The Labute approximate surface area is 634 Å². The van der Waals surface area contributed by atoms with Crippen LogP contribution in [-0.2, 0) is 10.8 Å². The van der Waals surface area contributed by atoms with Crippen molar-refractivity contribution in [2.75, 3.05) is 9.80 Å². The minimum Gasteiger partial charge on any atom is -0.455 e. The van der Waals surface area contributed by atoms with Crippen molar-refractivity contribution in [3.05, 3.63) is 362 Å². The van der Waals surface area contributed by atoms with Gasteiger partial charge in [-0.3, -0.25) is 0 Å². The van der Waals surface area contributed by atoms with Gasteiger partial charge < -0.3 is 18.6 Å². The molecular weight excluding hydrogens is 1330 g/mol. The molecule has 0 N–H and O–H groups in total. The lowest BCUT2D eigenvalue weighted by Gasteiger charge is -2.30. The van der Waals surface area contributed by atoms with Gasteiger partial charge in [0.2, 0.25) is 0 Å². The fourth-order valence-electron chi connectivity index (χ4n) is 20.3. The molecule has 0 radical (unpaired) electrons. The first kappa shape index (κ1) is 61.4. The molecule has 0 saturated heterocycles. The Bertz CT molecular complexity index is 7250. The maximum absolute atomic E-state index is 6.70. The summed E-state index contributed by atoms with van der Waals surface area (Å²) in [6.45, 7) is 9.65. The van der Waals surface area contributed by atoms with Crippen LogP contribution in [0, 0.1) is 0 Å². The number of hydrogen-bond acceptors (Lipinski definition) is 4. The largest absolute Gasteiger partial charge is 0.455 e.